The molecule has 0 aromatic heterocycles. The monoisotopic (exact) mass is 337 g/mol. The SMILES string of the molecule is Cc1cc(C)c(CN(CCBr)C2CCCCC2)c(C)c1. The fourth-order valence-corrected chi connectivity index (χ4v) is 4.06. The number of benzene rings is 1. The van der Waals surface area contributed by atoms with Gasteiger partial charge in [0.1, 0.15) is 0 Å². The Morgan fingerprint density at radius 3 is 2.20 bits per heavy atom. The molecular formula is C18H28BrN. The minimum Gasteiger partial charge on any atom is -0.295 e. The molecule has 0 aliphatic heterocycles. The number of halogens is 1. The topological polar surface area (TPSA) is 3.24 Å². The van der Waals surface area contributed by atoms with Gasteiger partial charge in [-0.15, -0.1) is 0 Å². The molecule has 1 fully saturated rings. The smallest absolute Gasteiger partial charge is 0.0242 e. The molecule has 2 rings (SSSR count). The normalized spacial score (nSPS) is 16.9. The molecule has 2 heteroatoms. The number of alkyl halides is 1. The lowest BCUT2D eigenvalue weighted by atomic mass is 9.92. The quantitative estimate of drug-likeness (QED) is 0.672. The zero-order valence-electron chi connectivity index (χ0n) is 13.2. The zero-order valence-corrected chi connectivity index (χ0v) is 14.8. The molecule has 1 aromatic carbocycles. The van der Waals surface area contributed by atoms with Crippen molar-refractivity contribution < 1.29 is 0 Å². The molecule has 0 bridgehead atoms. The summed E-state index contributed by atoms with van der Waals surface area (Å²) in [6.07, 6.45) is 7.03. The summed E-state index contributed by atoms with van der Waals surface area (Å²) < 4.78 is 0. The molecule has 20 heavy (non-hydrogen) atoms. The summed E-state index contributed by atoms with van der Waals surface area (Å²) in [6, 6.07) is 5.45. The van der Waals surface area contributed by atoms with E-state index in [0.29, 0.717) is 0 Å². The Balaban J connectivity index is 2.15. The van der Waals surface area contributed by atoms with Gasteiger partial charge in [0.05, 0.1) is 0 Å². The van der Waals surface area contributed by atoms with Crippen LogP contribution in [0.4, 0.5) is 0 Å². The summed E-state index contributed by atoms with van der Waals surface area (Å²) >= 11 is 3.64. The van der Waals surface area contributed by atoms with Crippen LogP contribution >= 0.6 is 15.9 Å². The molecule has 0 unspecified atom stereocenters. The third-order valence-corrected chi connectivity index (χ3v) is 5.02. The van der Waals surface area contributed by atoms with Crippen molar-refractivity contribution in [3.8, 4) is 0 Å². The van der Waals surface area contributed by atoms with Crippen LogP contribution in [0.2, 0.25) is 0 Å². The fraction of sp³-hybridized carbons (Fsp3) is 0.667. The van der Waals surface area contributed by atoms with E-state index < -0.39 is 0 Å². The second-order valence-electron chi connectivity index (χ2n) is 6.33. The number of hydrogen-bond donors (Lipinski definition) is 0. The van der Waals surface area contributed by atoms with Gasteiger partial charge >= 0.3 is 0 Å². The minimum absolute atomic E-state index is 0.793. The van der Waals surface area contributed by atoms with E-state index in [2.05, 4.69) is 53.7 Å². The molecule has 0 spiro atoms. The first-order valence-corrected chi connectivity index (χ1v) is 9.10. The Morgan fingerprint density at radius 1 is 1.05 bits per heavy atom. The molecule has 0 heterocycles. The van der Waals surface area contributed by atoms with Crippen molar-refractivity contribution in [2.75, 3.05) is 11.9 Å². The van der Waals surface area contributed by atoms with Gasteiger partial charge in [-0.2, -0.15) is 0 Å². The van der Waals surface area contributed by atoms with Gasteiger partial charge in [-0.3, -0.25) is 4.90 Å². The van der Waals surface area contributed by atoms with Crippen molar-refractivity contribution in [2.24, 2.45) is 0 Å². The lowest BCUT2D eigenvalue weighted by Crippen LogP contribution is -2.38. The van der Waals surface area contributed by atoms with E-state index in [1.807, 2.05) is 0 Å². The van der Waals surface area contributed by atoms with E-state index in [0.717, 1.165) is 24.5 Å². The highest BCUT2D eigenvalue weighted by atomic mass is 79.9. The van der Waals surface area contributed by atoms with E-state index in [1.54, 1.807) is 5.56 Å². The van der Waals surface area contributed by atoms with Gasteiger partial charge in [-0.25, -0.2) is 0 Å². The van der Waals surface area contributed by atoms with E-state index in [4.69, 9.17) is 0 Å². The van der Waals surface area contributed by atoms with Crippen LogP contribution < -0.4 is 0 Å². The molecular weight excluding hydrogens is 310 g/mol. The van der Waals surface area contributed by atoms with Gasteiger partial charge in [0, 0.05) is 24.5 Å². The van der Waals surface area contributed by atoms with Crippen molar-refractivity contribution in [1.82, 2.24) is 4.90 Å². The van der Waals surface area contributed by atoms with Crippen molar-refractivity contribution in [3.05, 3.63) is 34.4 Å². The van der Waals surface area contributed by atoms with Crippen LogP contribution in [0.25, 0.3) is 0 Å². The summed E-state index contributed by atoms with van der Waals surface area (Å²) in [6.45, 7) is 9.01. The molecule has 0 saturated heterocycles. The molecule has 1 nitrogen and oxygen atoms in total. The van der Waals surface area contributed by atoms with Crippen molar-refractivity contribution in [2.45, 2.75) is 65.5 Å². The number of aryl methyl sites for hydroxylation is 3. The molecule has 1 aliphatic carbocycles. The van der Waals surface area contributed by atoms with Crippen molar-refractivity contribution in [1.29, 1.82) is 0 Å². The Morgan fingerprint density at radius 2 is 1.65 bits per heavy atom. The van der Waals surface area contributed by atoms with E-state index in [9.17, 15) is 0 Å². The second kappa shape index (κ2) is 7.61. The van der Waals surface area contributed by atoms with Crippen LogP contribution in [0.5, 0.6) is 0 Å². The second-order valence-corrected chi connectivity index (χ2v) is 7.12. The lowest BCUT2D eigenvalue weighted by Gasteiger charge is -2.34. The third kappa shape index (κ3) is 4.08. The zero-order chi connectivity index (χ0) is 14.5. The fourth-order valence-electron chi connectivity index (χ4n) is 3.61. The van der Waals surface area contributed by atoms with Gasteiger partial charge in [-0.05, 0) is 50.3 Å². The summed E-state index contributed by atoms with van der Waals surface area (Å²) in [4.78, 5) is 2.71. The largest absolute Gasteiger partial charge is 0.295 e. The maximum atomic E-state index is 3.64. The van der Waals surface area contributed by atoms with Gasteiger partial charge < -0.3 is 0 Å². The van der Waals surface area contributed by atoms with Crippen LogP contribution in [0.15, 0.2) is 12.1 Å². The number of hydrogen-bond acceptors (Lipinski definition) is 1. The Labute approximate surface area is 132 Å². The van der Waals surface area contributed by atoms with Crippen LogP contribution in [-0.4, -0.2) is 22.8 Å². The summed E-state index contributed by atoms with van der Waals surface area (Å²) in [5, 5.41) is 1.08. The first kappa shape index (κ1) is 16.0. The van der Waals surface area contributed by atoms with Crippen LogP contribution in [0.1, 0.15) is 54.4 Å². The van der Waals surface area contributed by atoms with Gasteiger partial charge in [0.2, 0.25) is 0 Å². The highest BCUT2D eigenvalue weighted by Gasteiger charge is 2.21. The molecule has 0 amide bonds. The van der Waals surface area contributed by atoms with Crippen molar-refractivity contribution >= 4 is 15.9 Å². The van der Waals surface area contributed by atoms with E-state index in [-0.39, 0.29) is 0 Å². The molecule has 1 saturated carbocycles. The maximum absolute atomic E-state index is 3.64. The first-order valence-electron chi connectivity index (χ1n) is 7.98. The highest BCUT2D eigenvalue weighted by Crippen LogP contribution is 2.26. The summed E-state index contributed by atoms with van der Waals surface area (Å²) in [7, 11) is 0. The predicted molar refractivity (Wildman–Crippen MR) is 91.7 cm³/mol. The molecule has 0 atom stereocenters. The average molecular weight is 338 g/mol. The molecule has 1 aromatic rings. The number of nitrogens with zero attached hydrogens (tertiary/aromatic N) is 1. The lowest BCUT2D eigenvalue weighted by molar-refractivity contribution is 0.157. The minimum atomic E-state index is 0.793. The van der Waals surface area contributed by atoms with Gasteiger partial charge in [-0.1, -0.05) is 52.9 Å². The third-order valence-electron chi connectivity index (χ3n) is 4.66. The first-order chi connectivity index (χ1) is 9.61. The van der Waals surface area contributed by atoms with Gasteiger partial charge in [0.15, 0.2) is 0 Å². The van der Waals surface area contributed by atoms with Gasteiger partial charge in [0.25, 0.3) is 0 Å². The van der Waals surface area contributed by atoms with Crippen LogP contribution in [0, 0.1) is 20.8 Å². The standard InChI is InChI=1S/C18H28BrN/c1-14-11-15(2)18(16(3)12-14)13-20(10-9-19)17-7-5-4-6-8-17/h11-12,17H,4-10,13H2,1-3H3. The molecule has 0 radical (unpaired) electrons. The Kier molecular flexibility index (Phi) is 6.10. The number of rotatable bonds is 5. The predicted octanol–water partition coefficient (Wildman–Crippen LogP) is 5.14. The highest BCUT2D eigenvalue weighted by molar-refractivity contribution is 9.09. The summed E-state index contributed by atoms with van der Waals surface area (Å²) in [5.74, 6) is 0. The molecule has 112 valence electrons. The molecule has 1 aliphatic rings. The van der Waals surface area contributed by atoms with Crippen LogP contribution in [-0.2, 0) is 6.54 Å². The summed E-state index contributed by atoms with van der Waals surface area (Å²) in [5.41, 5.74) is 5.84. The van der Waals surface area contributed by atoms with E-state index in [1.165, 1.54) is 48.8 Å². The Bertz CT molecular complexity index is 412. The Hall–Kier alpha value is -0.340. The van der Waals surface area contributed by atoms with Crippen LogP contribution in [0.3, 0.4) is 0 Å². The average Bonchev–Trinajstić information content (AvgIpc) is 2.42. The van der Waals surface area contributed by atoms with E-state index >= 15 is 0 Å². The maximum Gasteiger partial charge on any atom is 0.0242 e. The molecule has 0 N–H and O–H groups in total. The van der Waals surface area contributed by atoms with Crippen molar-refractivity contribution in [3.63, 3.8) is 0 Å².